The minimum atomic E-state index is -0.253. The lowest BCUT2D eigenvalue weighted by molar-refractivity contribution is 0.288. The van der Waals surface area contributed by atoms with E-state index in [1.54, 1.807) is 18.3 Å². The largest absolute Gasteiger partial charge is 0.492 e. The first-order chi connectivity index (χ1) is 9.66. The lowest BCUT2D eigenvalue weighted by Crippen LogP contribution is -2.36. The van der Waals surface area contributed by atoms with E-state index in [-0.39, 0.29) is 17.9 Å². The van der Waals surface area contributed by atoms with Crippen molar-refractivity contribution in [2.75, 3.05) is 13.2 Å². The zero-order valence-corrected chi connectivity index (χ0v) is 11.8. The summed E-state index contributed by atoms with van der Waals surface area (Å²) in [6, 6.07) is 8.52. The van der Waals surface area contributed by atoms with Gasteiger partial charge in [0, 0.05) is 25.0 Å². The van der Waals surface area contributed by atoms with Gasteiger partial charge >= 0.3 is 0 Å². The second-order valence-electron chi connectivity index (χ2n) is 4.77. The van der Waals surface area contributed by atoms with E-state index < -0.39 is 0 Å². The first-order valence-corrected chi connectivity index (χ1v) is 6.77. The fourth-order valence-corrected chi connectivity index (χ4v) is 1.91. The van der Waals surface area contributed by atoms with Crippen LogP contribution in [0.5, 0.6) is 5.75 Å². The molecular weight excluding hydrogens is 257 g/mol. The molecular formula is C15H20FN3O. The van der Waals surface area contributed by atoms with Gasteiger partial charge < -0.3 is 10.1 Å². The summed E-state index contributed by atoms with van der Waals surface area (Å²) in [7, 11) is 0. The third kappa shape index (κ3) is 4.06. The van der Waals surface area contributed by atoms with Crippen LogP contribution in [-0.4, -0.2) is 29.0 Å². The number of nitrogens with one attached hydrogen (secondary N) is 1. The predicted octanol–water partition coefficient (Wildman–Crippen LogP) is 2.64. The summed E-state index contributed by atoms with van der Waals surface area (Å²) in [5.74, 6) is 0.429. The normalized spacial score (nSPS) is 13.9. The number of rotatable bonds is 7. The molecule has 0 saturated heterocycles. The maximum absolute atomic E-state index is 12.7. The molecule has 20 heavy (non-hydrogen) atoms. The van der Waals surface area contributed by atoms with E-state index in [1.807, 2.05) is 16.9 Å². The summed E-state index contributed by atoms with van der Waals surface area (Å²) in [6.07, 6.45) is 3.73. The topological polar surface area (TPSA) is 39.1 Å². The Hall–Kier alpha value is -1.88. The van der Waals surface area contributed by atoms with E-state index in [9.17, 15) is 4.39 Å². The van der Waals surface area contributed by atoms with Crippen molar-refractivity contribution < 1.29 is 9.13 Å². The van der Waals surface area contributed by atoms with Gasteiger partial charge in [-0.2, -0.15) is 5.10 Å². The summed E-state index contributed by atoms with van der Waals surface area (Å²) < 4.78 is 20.2. The van der Waals surface area contributed by atoms with Crippen LogP contribution in [-0.2, 0) is 0 Å². The Morgan fingerprint density at radius 3 is 2.70 bits per heavy atom. The van der Waals surface area contributed by atoms with Gasteiger partial charge in [0.2, 0.25) is 0 Å². The third-order valence-corrected chi connectivity index (χ3v) is 3.32. The second-order valence-corrected chi connectivity index (χ2v) is 4.77. The van der Waals surface area contributed by atoms with Crippen LogP contribution in [0.25, 0.3) is 0 Å². The molecule has 5 heteroatoms. The lowest BCUT2D eigenvalue weighted by Gasteiger charge is -2.21. The van der Waals surface area contributed by atoms with Gasteiger partial charge in [-0.05, 0) is 44.2 Å². The van der Waals surface area contributed by atoms with E-state index in [2.05, 4.69) is 24.3 Å². The average molecular weight is 277 g/mol. The van der Waals surface area contributed by atoms with Gasteiger partial charge in [0.15, 0.2) is 0 Å². The van der Waals surface area contributed by atoms with Crippen LogP contribution in [0.1, 0.15) is 19.9 Å². The van der Waals surface area contributed by atoms with E-state index in [1.165, 1.54) is 12.1 Å². The highest BCUT2D eigenvalue weighted by Gasteiger charge is 2.12. The second kappa shape index (κ2) is 7.05. The molecule has 1 aromatic heterocycles. The van der Waals surface area contributed by atoms with Crippen molar-refractivity contribution >= 4 is 0 Å². The summed E-state index contributed by atoms with van der Waals surface area (Å²) in [5.41, 5.74) is 0. The molecule has 4 nitrogen and oxygen atoms in total. The van der Waals surface area contributed by atoms with Gasteiger partial charge in [-0.25, -0.2) is 4.39 Å². The smallest absolute Gasteiger partial charge is 0.123 e. The maximum Gasteiger partial charge on any atom is 0.123 e. The molecule has 0 radical (unpaired) electrons. The zero-order chi connectivity index (χ0) is 14.4. The Balaban J connectivity index is 1.69. The average Bonchev–Trinajstić information content (AvgIpc) is 2.98. The third-order valence-electron chi connectivity index (χ3n) is 3.32. The van der Waals surface area contributed by atoms with Crippen molar-refractivity contribution in [1.82, 2.24) is 15.1 Å². The van der Waals surface area contributed by atoms with Crippen molar-refractivity contribution in [3.8, 4) is 5.75 Å². The lowest BCUT2D eigenvalue weighted by atomic mass is 10.2. The Labute approximate surface area is 118 Å². The van der Waals surface area contributed by atoms with Crippen molar-refractivity contribution in [2.24, 2.45) is 0 Å². The number of halogens is 1. The number of benzene rings is 1. The first kappa shape index (κ1) is 14.5. The molecule has 2 atom stereocenters. The van der Waals surface area contributed by atoms with Gasteiger partial charge in [0.05, 0.1) is 6.04 Å². The number of ether oxygens (including phenoxy) is 1. The molecule has 0 aliphatic rings. The molecule has 108 valence electrons. The molecule has 0 amide bonds. The summed E-state index contributed by atoms with van der Waals surface area (Å²) >= 11 is 0. The van der Waals surface area contributed by atoms with Crippen LogP contribution in [0, 0.1) is 5.82 Å². The standard InChI is InChI=1S/C15H20FN3O/c1-12(13(2)19-10-3-8-18-19)17-9-11-20-15-6-4-14(16)5-7-15/h3-8,10,12-13,17H,9,11H2,1-2H3/t12-,13-/m1/s1. The summed E-state index contributed by atoms with van der Waals surface area (Å²) in [4.78, 5) is 0. The molecule has 0 aliphatic heterocycles. The van der Waals surface area contributed by atoms with E-state index >= 15 is 0 Å². The summed E-state index contributed by atoms with van der Waals surface area (Å²) in [6.45, 7) is 5.50. The number of nitrogens with zero attached hydrogens (tertiary/aromatic N) is 2. The molecule has 0 saturated carbocycles. The monoisotopic (exact) mass is 277 g/mol. The first-order valence-electron chi connectivity index (χ1n) is 6.77. The van der Waals surface area contributed by atoms with Crippen LogP contribution in [0.15, 0.2) is 42.7 Å². The van der Waals surface area contributed by atoms with Crippen LogP contribution in [0.3, 0.4) is 0 Å². The fraction of sp³-hybridized carbons (Fsp3) is 0.400. The van der Waals surface area contributed by atoms with Crippen molar-refractivity contribution in [1.29, 1.82) is 0 Å². The van der Waals surface area contributed by atoms with Crippen molar-refractivity contribution in [3.63, 3.8) is 0 Å². The van der Waals surface area contributed by atoms with E-state index in [0.29, 0.717) is 12.4 Å². The molecule has 0 aliphatic carbocycles. The maximum atomic E-state index is 12.7. The highest BCUT2D eigenvalue weighted by Crippen LogP contribution is 2.11. The fourth-order valence-electron chi connectivity index (χ4n) is 1.91. The van der Waals surface area contributed by atoms with E-state index in [4.69, 9.17) is 4.74 Å². The Kier molecular flexibility index (Phi) is 5.12. The molecule has 0 spiro atoms. The van der Waals surface area contributed by atoms with Crippen molar-refractivity contribution in [2.45, 2.75) is 25.9 Å². The molecule has 2 rings (SSSR count). The Bertz CT molecular complexity index is 498. The predicted molar refractivity (Wildman–Crippen MR) is 76.3 cm³/mol. The highest BCUT2D eigenvalue weighted by molar-refractivity contribution is 5.21. The van der Waals surface area contributed by atoms with E-state index in [0.717, 1.165) is 6.54 Å². The minimum absolute atomic E-state index is 0.253. The molecule has 0 fully saturated rings. The number of aromatic nitrogens is 2. The van der Waals surface area contributed by atoms with Gasteiger partial charge in [-0.15, -0.1) is 0 Å². The number of hydrogen-bond donors (Lipinski definition) is 1. The number of hydrogen-bond acceptors (Lipinski definition) is 3. The van der Waals surface area contributed by atoms with Gasteiger partial charge in [0.25, 0.3) is 0 Å². The Morgan fingerprint density at radius 2 is 2.05 bits per heavy atom. The molecule has 1 aromatic carbocycles. The quantitative estimate of drug-likeness (QED) is 0.791. The van der Waals surface area contributed by atoms with Crippen LogP contribution < -0.4 is 10.1 Å². The molecule has 0 bridgehead atoms. The molecule has 2 aromatic rings. The van der Waals surface area contributed by atoms with Crippen LogP contribution in [0.2, 0.25) is 0 Å². The molecule has 1 heterocycles. The Morgan fingerprint density at radius 1 is 1.30 bits per heavy atom. The molecule has 1 N–H and O–H groups in total. The summed E-state index contributed by atoms with van der Waals surface area (Å²) in [5, 5.41) is 7.62. The zero-order valence-electron chi connectivity index (χ0n) is 11.8. The molecule has 0 unspecified atom stereocenters. The van der Waals surface area contributed by atoms with Gasteiger partial charge in [0.1, 0.15) is 18.2 Å². The highest BCUT2D eigenvalue weighted by atomic mass is 19.1. The van der Waals surface area contributed by atoms with Crippen molar-refractivity contribution in [3.05, 3.63) is 48.5 Å². The van der Waals surface area contributed by atoms with Crippen LogP contribution >= 0.6 is 0 Å². The van der Waals surface area contributed by atoms with Gasteiger partial charge in [-0.1, -0.05) is 0 Å². The van der Waals surface area contributed by atoms with Gasteiger partial charge in [-0.3, -0.25) is 4.68 Å². The van der Waals surface area contributed by atoms with Crippen LogP contribution in [0.4, 0.5) is 4.39 Å². The minimum Gasteiger partial charge on any atom is -0.492 e. The SMILES string of the molecule is C[C@H]([C@@H](C)NCCOc1ccc(F)cc1)n1cccn1.